The number of rotatable bonds is 7. The molecule has 2 amide bonds. The largest absolute Gasteiger partial charge is 0.497 e. The van der Waals surface area contributed by atoms with Crippen LogP contribution in [0.1, 0.15) is 16.1 Å². The molecule has 178 valence electrons. The van der Waals surface area contributed by atoms with Crippen molar-refractivity contribution in [2.45, 2.75) is 6.42 Å². The van der Waals surface area contributed by atoms with E-state index in [0.717, 1.165) is 16.9 Å². The standard InChI is InChI=1S/C25H28N4O5/c1-32-19-6-4-5-18(15-19)20-16-21(27-26-20)25(31)29-11-9-28(10-12-29)24(30)14-17-7-8-22(33-2)23(13-17)34-3/h4-8,13,15-16H,9-12,14H2,1-3H3,(H,26,27). The number of nitrogens with zero attached hydrogens (tertiary/aromatic N) is 3. The first-order valence-corrected chi connectivity index (χ1v) is 11.0. The summed E-state index contributed by atoms with van der Waals surface area (Å²) in [7, 11) is 4.75. The number of hydrogen-bond donors (Lipinski definition) is 1. The summed E-state index contributed by atoms with van der Waals surface area (Å²) in [6, 6.07) is 14.7. The van der Waals surface area contributed by atoms with Crippen LogP contribution in [0.3, 0.4) is 0 Å². The number of carbonyl (C=O) groups is 2. The molecule has 1 aromatic heterocycles. The average molecular weight is 465 g/mol. The molecule has 0 radical (unpaired) electrons. The topological polar surface area (TPSA) is 97.0 Å². The van der Waals surface area contributed by atoms with Gasteiger partial charge in [-0.2, -0.15) is 5.10 Å². The van der Waals surface area contributed by atoms with Crippen molar-refractivity contribution >= 4 is 11.8 Å². The van der Waals surface area contributed by atoms with Crippen molar-refractivity contribution < 1.29 is 23.8 Å². The number of benzene rings is 2. The Hall–Kier alpha value is -4.01. The smallest absolute Gasteiger partial charge is 0.272 e. The van der Waals surface area contributed by atoms with E-state index in [9.17, 15) is 9.59 Å². The van der Waals surface area contributed by atoms with Gasteiger partial charge in [-0.15, -0.1) is 0 Å². The van der Waals surface area contributed by atoms with Crippen LogP contribution in [-0.2, 0) is 11.2 Å². The van der Waals surface area contributed by atoms with Gasteiger partial charge in [-0.3, -0.25) is 14.7 Å². The Labute approximate surface area is 198 Å². The Kier molecular flexibility index (Phi) is 7.01. The summed E-state index contributed by atoms with van der Waals surface area (Å²) in [5, 5.41) is 7.12. The monoisotopic (exact) mass is 464 g/mol. The summed E-state index contributed by atoms with van der Waals surface area (Å²) in [4.78, 5) is 29.3. The lowest BCUT2D eigenvalue weighted by Crippen LogP contribution is -2.51. The minimum Gasteiger partial charge on any atom is -0.497 e. The molecule has 0 atom stereocenters. The fourth-order valence-electron chi connectivity index (χ4n) is 3.97. The van der Waals surface area contributed by atoms with Gasteiger partial charge in [0, 0.05) is 31.7 Å². The lowest BCUT2D eigenvalue weighted by atomic mass is 10.1. The van der Waals surface area contributed by atoms with Gasteiger partial charge in [0.15, 0.2) is 11.5 Å². The highest BCUT2D eigenvalue weighted by Crippen LogP contribution is 2.28. The number of methoxy groups -OCH3 is 3. The van der Waals surface area contributed by atoms with Crippen LogP contribution in [0.15, 0.2) is 48.5 Å². The molecule has 0 unspecified atom stereocenters. The van der Waals surface area contributed by atoms with Gasteiger partial charge in [-0.25, -0.2) is 0 Å². The molecule has 9 nitrogen and oxygen atoms in total. The second-order valence-electron chi connectivity index (χ2n) is 7.94. The van der Waals surface area contributed by atoms with Crippen LogP contribution in [0.4, 0.5) is 0 Å². The molecule has 1 aliphatic heterocycles. The van der Waals surface area contributed by atoms with Crippen LogP contribution < -0.4 is 14.2 Å². The molecular weight excluding hydrogens is 436 g/mol. The average Bonchev–Trinajstić information content (AvgIpc) is 3.38. The molecule has 1 N–H and O–H groups in total. The molecule has 1 aliphatic rings. The third-order valence-corrected chi connectivity index (χ3v) is 5.90. The number of aromatic nitrogens is 2. The minimum atomic E-state index is -0.131. The van der Waals surface area contributed by atoms with Crippen molar-refractivity contribution in [2.24, 2.45) is 0 Å². The van der Waals surface area contributed by atoms with Gasteiger partial charge >= 0.3 is 0 Å². The number of ether oxygens (including phenoxy) is 3. The molecule has 34 heavy (non-hydrogen) atoms. The predicted molar refractivity (Wildman–Crippen MR) is 126 cm³/mol. The molecule has 2 heterocycles. The normalized spacial score (nSPS) is 13.5. The van der Waals surface area contributed by atoms with Crippen molar-refractivity contribution in [1.29, 1.82) is 0 Å². The predicted octanol–water partition coefficient (Wildman–Crippen LogP) is 2.63. The molecule has 0 aliphatic carbocycles. The van der Waals surface area contributed by atoms with Crippen LogP contribution in [0.2, 0.25) is 0 Å². The highest BCUT2D eigenvalue weighted by molar-refractivity contribution is 5.93. The van der Waals surface area contributed by atoms with Crippen LogP contribution in [0.5, 0.6) is 17.2 Å². The maximum atomic E-state index is 13.0. The zero-order valence-electron chi connectivity index (χ0n) is 19.5. The summed E-state index contributed by atoms with van der Waals surface area (Å²) >= 11 is 0. The summed E-state index contributed by atoms with van der Waals surface area (Å²) < 4.78 is 15.8. The van der Waals surface area contributed by atoms with Crippen molar-refractivity contribution in [2.75, 3.05) is 47.5 Å². The number of piperazine rings is 1. The number of aromatic amines is 1. The van der Waals surface area contributed by atoms with Gasteiger partial charge in [0.05, 0.1) is 33.4 Å². The van der Waals surface area contributed by atoms with E-state index >= 15 is 0 Å². The minimum absolute atomic E-state index is 0.0150. The van der Waals surface area contributed by atoms with Crippen molar-refractivity contribution in [1.82, 2.24) is 20.0 Å². The summed E-state index contributed by atoms with van der Waals surface area (Å²) in [5.41, 5.74) is 2.80. The van der Waals surface area contributed by atoms with E-state index in [0.29, 0.717) is 49.1 Å². The maximum Gasteiger partial charge on any atom is 0.272 e. The quantitative estimate of drug-likeness (QED) is 0.577. The molecule has 0 saturated carbocycles. The maximum absolute atomic E-state index is 13.0. The second kappa shape index (κ2) is 10.3. The van der Waals surface area contributed by atoms with Crippen LogP contribution in [0, 0.1) is 0 Å². The molecule has 3 aromatic rings. The molecule has 9 heteroatoms. The van der Waals surface area contributed by atoms with E-state index in [1.165, 1.54) is 0 Å². The number of H-pyrrole nitrogens is 1. The Balaban J connectivity index is 1.34. The van der Waals surface area contributed by atoms with Crippen molar-refractivity contribution in [3.63, 3.8) is 0 Å². The van der Waals surface area contributed by atoms with E-state index < -0.39 is 0 Å². The van der Waals surface area contributed by atoms with E-state index in [2.05, 4.69) is 10.2 Å². The molecule has 1 saturated heterocycles. The van der Waals surface area contributed by atoms with Gasteiger partial charge in [-0.05, 0) is 35.9 Å². The van der Waals surface area contributed by atoms with E-state index in [1.54, 1.807) is 43.3 Å². The third-order valence-electron chi connectivity index (χ3n) is 5.90. The van der Waals surface area contributed by atoms with Crippen LogP contribution in [-0.4, -0.2) is 79.3 Å². The third kappa shape index (κ3) is 4.98. The molecule has 2 aromatic carbocycles. The first-order chi connectivity index (χ1) is 16.5. The summed E-state index contributed by atoms with van der Waals surface area (Å²) in [6.07, 6.45) is 0.263. The van der Waals surface area contributed by atoms with Gasteiger partial charge in [-0.1, -0.05) is 18.2 Å². The van der Waals surface area contributed by atoms with Crippen LogP contribution in [0.25, 0.3) is 11.3 Å². The lowest BCUT2D eigenvalue weighted by molar-refractivity contribution is -0.131. The first kappa shape index (κ1) is 23.2. The Bertz CT molecular complexity index is 1170. The van der Waals surface area contributed by atoms with Gasteiger partial charge in [0.1, 0.15) is 11.4 Å². The molecule has 0 spiro atoms. The van der Waals surface area contributed by atoms with Crippen LogP contribution >= 0.6 is 0 Å². The molecular formula is C25H28N4O5. The lowest BCUT2D eigenvalue weighted by Gasteiger charge is -2.34. The second-order valence-corrected chi connectivity index (χ2v) is 7.94. The molecule has 4 rings (SSSR count). The summed E-state index contributed by atoms with van der Waals surface area (Å²) in [6.45, 7) is 1.89. The van der Waals surface area contributed by atoms with Crippen molar-refractivity contribution in [3.8, 4) is 28.5 Å². The van der Waals surface area contributed by atoms with Gasteiger partial charge in [0.25, 0.3) is 5.91 Å². The Morgan fingerprint density at radius 3 is 2.32 bits per heavy atom. The SMILES string of the molecule is COc1cccc(-c2cc(C(=O)N3CCN(C(=O)Cc4ccc(OC)c(OC)c4)CC3)[nH]n2)c1. The van der Waals surface area contributed by atoms with Gasteiger partial charge in [0.2, 0.25) is 5.91 Å². The van der Waals surface area contributed by atoms with E-state index in [4.69, 9.17) is 14.2 Å². The Morgan fingerprint density at radius 1 is 0.882 bits per heavy atom. The highest BCUT2D eigenvalue weighted by Gasteiger charge is 2.26. The number of carbonyl (C=O) groups excluding carboxylic acids is 2. The van der Waals surface area contributed by atoms with E-state index in [-0.39, 0.29) is 18.2 Å². The first-order valence-electron chi connectivity index (χ1n) is 11.0. The zero-order valence-corrected chi connectivity index (χ0v) is 19.5. The number of amides is 2. The fourth-order valence-corrected chi connectivity index (χ4v) is 3.97. The highest BCUT2D eigenvalue weighted by atomic mass is 16.5. The zero-order chi connectivity index (χ0) is 24.1. The number of nitrogens with one attached hydrogen (secondary N) is 1. The molecule has 1 fully saturated rings. The van der Waals surface area contributed by atoms with Gasteiger partial charge < -0.3 is 24.0 Å². The summed E-state index contributed by atoms with van der Waals surface area (Å²) in [5.74, 6) is 1.83. The van der Waals surface area contributed by atoms with E-state index in [1.807, 2.05) is 36.4 Å². The fraction of sp³-hybridized carbons (Fsp3) is 0.320. The molecule has 0 bridgehead atoms. The van der Waals surface area contributed by atoms with Crippen molar-refractivity contribution in [3.05, 3.63) is 59.8 Å². The Morgan fingerprint density at radius 2 is 1.62 bits per heavy atom. The number of hydrogen-bond acceptors (Lipinski definition) is 6.